The van der Waals surface area contributed by atoms with Crippen molar-refractivity contribution in [3.05, 3.63) is 35.6 Å². The van der Waals surface area contributed by atoms with Crippen molar-refractivity contribution in [3.63, 3.8) is 0 Å². The Hall–Kier alpha value is -2.38. The predicted octanol–water partition coefficient (Wildman–Crippen LogP) is 4.71. The van der Waals surface area contributed by atoms with E-state index in [-0.39, 0.29) is 0 Å². The Bertz CT molecular complexity index is 963. The van der Waals surface area contributed by atoms with Crippen molar-refractivity contribution in [1.82, 2.24) is 19.5 Å². The van der Waals surface area contributed by atoms with Gasteiger partial charge in [0.1, 0.15) is 0 Å². The van der Waals surface area contributed by atoms with E-state index in [1.165, 1.54) is 0 Å². The van der Waals surface area contributed by atoms with E-state index < -0.39 is 0 Å². The fourth-order valence-electron chi connectivity index (χ4n) is 3.74. The van der Waals surface area contributed by atoms with Gasteiger partial charge >= 0.3 is 0 Å². The second kappa shape index (κ2) is 8.97. The number of nitrogens with two attached hydrogens (primary N) is 1. The molecule has 0 spiro atoms. The monoisotopic (exact) mass is 413 g/mol. The number of rotatable bonds is 7. The van der Waals surface area contributed by atoms with Crippen LogP contribution < -0.4 is 16.4 Å². The molecule has 0 aliphatic heterocycles. The van der Waals surface area contributed by atoms with Crippen molar-refractivity contribution in [2.45, 2.75) is 64.1 Å². The number of hydrogen-bond acceptors (Lipinski definition) is 6. The van der Waals surface area contributed by atoms with Crippen LogP contribution in [0.2, 0.25) is 5.02 Å². The van der Waals surface area contributed by atoms with Crippen molar-refractivity contribution in [2.24, 2.45) is 5.73 Å². The Kier molecular flexibility index (Phi) is 6.16. The summed E-state index contributed by atoms with van der Waals surface area (Å²) in [6, 6.07) is 8.25. The molecule has 2 heterocycles. The zero-order chi connectivity index (χ0) is 20.2. The van der Waals surface area contributed by atoms with Crippen LogP contribution in [0.15, 0.2) is 30.6 Å². The number of hydrogen-bond donors (Lipinski definition) is 3. The van der Waals surface area contributed by atoms with Gasteiger partial charge in [0.15, 0.2) is 17.0 Å². The predicted molar refractivity (Wildman–Crippen MR) is 119 cm³/mol. The molecule has 3 aromatic rings. The van der Waals surface area contributed by atoms with E-state index in [1.54, 1.807) is 0 Å². The zero-order valence-electron chi connectivity index (χ0n) is 16.7. The van der Waals surface area contributed by atoms with Crippen LogP contribution in [0.25, 0.3) is 11.2 Å². The first-order valence-corrected chi connectivity index (χ1v) is 10.8. The number of fused-ring (bicyclic) bond motifs is 1. The summed E-state index contributed by atoms with van der Waals surface area (Å²) in [5.74, 6) is 1.31. The van der Waals surface area contributed by atoms with Crippen LogP contribution in [-0.2, 0) is 6.54 Å². The van der Waals surface area contributed by atoms with E-state index in [4.69, 9.17) is 27.3 Å². The first kappa shape index (κ1) is 19.9. The van der Waals surface area contributed by atoms with Gasteiger partial charge in [-0.1, -0.05) is 31.0 Å². The van der Waals surface area contributed by atoms with Crippen LogP contribution in [0.3, 0.4) is 0 Å². The molecule has 0 amide bonds. The second-order valence-electron chi connectivity index (χ2n) is 7.75. The molecule has 8 heteroatoms. The van der Waals surface area contributed by atoms with E-state index in [9.17, 15) is 0 Å². The molecule has 2 aromatic heterocycles. The lowest BCUT2D eigenvalue weighted by Crippen LogP contribution is -2.33. The van der Waals surface area contributed by atoms with Gasteiger partial charge in [0, 0.05) is 29.3 Å². The number of benzene rings is 1. The summed E-state index contributed by atoms with van der Waals surface area (Å²) in [4.78, 5) is 14.1. The van der Waals surface area contributed by atoms with E-state index >= 15 is 0 Å². The summed E-state index contributed by atoms with van der Waals surface area (Å²) in [6.07, 6.45) is 8.18. The topological polar surface area (TPSA) is 93.7 Å². The maximum Gasteiger partial charge on any atom is 0.227 e. The van der Waals surface area contributed by atoms with Crippen molar-refractivity contribution in [1.29, 1.82) is 0 Å². The minimum absolute atomic E-state index is 0.312. The lowest BCUT2D eigenvalue weighted by atomic mass is 9.92. The van der Waals surface area contributed by atoms with Crippen molar-refractivity contribution < 1.29 is 0 Å². The molecule has 4 N–H and O–H groups in total. The summed E-state index contributed by atoms with van der Waals surface area (Å²) < 4.78 is 2.10. The van der Waals surface area contributed by atoms with Gasteiger partial charge in [-0.05, 0) is 50.3 Å². The third-order valence-electron chi connectivity index (χ3n) is 5.41. The molecule has 0 atom stereocenters. The van der Waals surface area contributed by atoms with Gasteiger partial charge in [0.2, 0.25) is 5.95 Å². The van der Waals surface area contributed by atoms with E-state index in [2.05, 4.69) is 27.1 Å². The lowest BCUT2D eigenvalue weighted by Gasteiger charge is -2.26. The molecule has 0 radical (unpaired) electrons. The van der Waals surface area contributed by atoms with Crippen LogP contribution >= 0.6 is 11.6 Å². The molecule has 1 fully saturated rings. The summed E-state index contributed by atoms with van der Waals surface area (Å²) in [6.45, 7) is 3.07. The third kappa shape index (κ3) is 4.79. The first-order valence-electron chi connectivity index (χ1n) is 10.4. The van der Waals surface area contributed by atoms with Crippen molar-refractivity contribution in [2.75, 3.05) is 10.6 Å². The van der Waals surface area contributed by atoms with Crippen LogP contribution in [0.4, 0.5) is 17.5 Å². The van der Waals surface area contributed by atoms with Gasteiger partial charge in [-0.2, -0.15) is 9.97 Å². The number of nitrogens with zero attached hydrogens (tertiary/aromatic N) is 4. The van der Waals surface area contributed by atoms with Crippen molar-refractivity contribution >= 4 is 40.2 Å². The molecule has 1 aromatic carbocycles. The third-order valence-corrected chi connectivity index (χ3v) is 5.64. The molecule has 1 aliphatic rings. The largest absolute Gasteiger partial charge is 0.351 e. The molecule has 1 saturated carbocycles. The number of nitrogens with one attached hydrogen (secondary N) is 2. The smallest absolute Gasteiger partial charge is 0.227 e. The van der Waals surface area contributed by atoms with Crippen LogP contribution in [-0.4, -0.2) is 31.6 Å². The number of unbranched alkanes of at least 4 members (excludes halogenated alkanes) is 1. The van der Waals surface area contributed by atoms with Gasteiger partial charge < -0.3 is 20.9 Å². The lowest BCUT2D eigenvalue weighted by molar-refractivity contribution is 0.410. The highest BCUT2D eigenvalue weighted by atomic mass is 35.5. The fourth-order valence-corrected chi connectivity index (χ4v) is 3.93. The highest BCUT2D eigenvalue weighted by Crippen LogP contribution is 2.27. The van der Waals surface area contributed by atoms with E-state index in [1.807, 2.05) is 30.6 Å². The molecule has 0 saturated heterocycles. The normalized spacial score (nSPS) is 19.4. The summed E-state index contributed by atoms with van der Waals surface area (Å²) in [5, 5.41) is 7.56. The van der Waals surface area contributed by atoms with E-state index in [0.717, 1.165) is 61.9 Å². The molecule has 29 heavy (non-hydrogen) atoms. The summed E-state index contributed by atoms with van der Waals surface area (Å²) >= 11 is 6.15. The van der Waals surface area contributed by atoms with E-state index in [0.29, 0.717) is 28.9 Å². The minimum atomic E-state index is 0.312. The Morgan fingerprint density at radius 3 is 2.79 bits per heavy atom. The van der Waals surface area contributed by atoms with Gasteiger partial charge in [-0.25, -0.2) is 4.98 Å². The number of anilines is 3. The second-order valence-corrected chi connectivity index (χ2v) is 8.19. The SMILES string of the molecule is CCCCn1cnc2c(Nc3cccc(Cl)c3)nc(NC3CCC(N)CC3)nc21. The Morgan fingerprint density at radius 1 is 1.21 bits per heavy atom. The minimum Gasteiger partial charge on any atom is -0.351 e. The maximum atomic E-state index is 6.15. The van der Waals surface area contributed by atoms with Crippen LogP contribution in [0.1, 0.15) is 45.4 Å². The van der Waals surface area contributed by atoms with Gasteiger partial charge in [0.25, 0.3) is 0 Å². The Morgan fingerprint density at radius 2 is 2.03 bits per heavy atom. The van der Waals surface area contributed by atoms with Gasteiger partial charge in [-0.3, -0.25) is 0 Å². The van der Waals surface area contributed by atoms with Crippen LogP contribution in [0.5, 0.6) is 0 Å². The first-order chi connectivity index (χ1) is 14.1. The van der Waals surface area contributed by atoms with Gasteiger partial charge in [0.05, 0.1) is 6.33 Å². The maximum absolute atomic E-state index is 6.15. The van der Waals surface area contributed by atoms with Gasteiger partial charge in [-0.15, -0.1) is 0 Å². The number of aryl methyl sites for hydroxylation is 1. The molecule has 7 nitrogen and oxygen atoms in total. The summed E-state index contributed by atoms with van der Waals surface area (Å²) in [5.41, 5.74) is 8.52. The average molecular weight is 414 g/mol. The quantitative estimate of drug-likeness (QED) is 0.519. The zero-order valence-corrected chi connectivity index (χ0v) is 17.5. The highest BCUT2D eigenvalue weighted by Gasteiger charge is 2.21. The fraction of sp³-hybridized carbons (Fsp3) is 0.476. The Labute approximate surface area is 176 Å². The molecule has 0 bridgehead atoms. The number of aromatic nitrogens is 4. The molecule has 1 aliphatic carbocycles. The highest BCUT2D eigenvalue weighted by molar-refractivity contribution is 6.30. The number of halogens is 1. The average Bonchev–Trinajstić information content (AvgIpc) is 3.11. The molecule has 4 rings (SSSR count). The molecular weight excluding hydrogens is 386 g/mol. The van der Waals surface area contributed by atoms with Crippen molar-refractivity contribution in [3.8, 4) is 0 Å². The molecular formula is C21H28ClN7. The molecule has 0 unspecified atom stereocenters. The summed E-state index contributed by atoms with van der Waals surface area (Å²) in [7, 11) is 0. The molecule has 154 valence electrons. The standard InChI is InChI=1S/C21H28ClN7/c1-2-3-11-29-13-24-18-19(25-17-6-4-5-14(22)12-17)27-21(28-20(18)29)26-16-9-7-15(23)8-10-16/h4-6,12-13,15-16H,2-3,7-11,23H2,1H3,(H2,25,26,27,28). The number of imidazole rings is 1. The Balaban J connectivity index is 1.67. The van der Waals surface area contributed by atoms with Crippen LogP contribution in [0, 0.1) is 0 Å².